The number of phenolic OH excluding ortho intramolecular Hbond substituents is 1. The summed E-state index contributed by atoms with van der Waals surface area (Å²) < 4.78 is 14.8. The Morgan fingerprint density at radius 1 is 1.47 bits per heavy atom. The lowest BCUT2D eigenvalue weighted by atomic mass is 10.1. The number of aryl methyl sites for hydroxylation is 1. The van der Waals surface area contributed by atoms with Crippen LogP contribution in [0.15, 0.2) is 24.5 Å². The molecule has 5 nitrogen and oxygen atoms in total. The van der Waals surface area contributed by atoms with Crippen LogP contribution in [-0.4, -0.2) is 26.4 Å². The van der Waals surface area contributed by atoms with Gasteiger partial charge in [-0.25, -0.2) is 9.37 Å². The Kier molecular flexibility index (Phi) is 4.11. The average Bonchev–Trinajstić information content (AvgIpc) is 2.78. The van der Waals surface area contributed by atoms with Gasteiger partial charge in [-0.2, -0.15) is 5.10 Å². The summed E-state index contributed by atoms with van der Waals surface area (Å²) in [6.07, 6.45) is 2.33. The molecule has 0 aliphatic heterocycles. The number of hydrogen-bond acceptors (Lipinski definition) is 4. The molecular formula is C13H17FN4O. The Hall–Kier alpha value is -1.95. The standard InChI is InChI=1S/C13H17FN4O/c1-9(11-7-10(14)3-4-12(11)19)15-6-5-13-16-8-18(2)17-13/h3-4,7-9,15,19H,5-6H2,1-2H3. The lowest BCUT2D eigenvalue weighted by Crippen LogP contribution is -2.22. The van der Waals surface area contributed by atoms with Crippen molar-refractivity contribution in [3.8, 4) is 5.75 Å². The molecule has 1 atom stereocenters. The molecule has 0 radical (unpaired) electrons. The SMILES string of the molecule is CC(NCCc1ncn(C)n1)c1cc(F)ccc1O. The van der Waals surface area contributed by atoms with E-state index in [4.69, 9.17) is 0 Å². The van der Waals surface area contributed by atoms with E-state index in [1.54, 1.807) is 11.0 Å². The van der Waals surface area contributed by atoms with Crippen molar-refractivity contribution in [1.82, 2.24) is 20.1 Å². The van der Waals surface area contributed by atoms with Gasteiger partial charge in [0, 0.05) is 31.6 Å². The van der Waals surface area contributed by atoms with Gasteiger partial charge in [0.15, 0.2) is 5.82 Å². The highest BCUT2D eigenvalue weighted by Gasteiger charge is 2.11. The number of nitrogens with zero attached hydrogens (tertiary/aromatic N) is 3. The fourth-order valence-corrected chi connectivity index (χ4v) is 1.88. The minimum Gasteiger partial charge on any atom is -0.508 e. The van der Waals surface area contributed by atoms with Gasteiger partial charge in [0.1, 0.15) is 17.9 Å². The summed E-state index contributed by atoms with van der Waals surface area (Å²) in [6, 6.07) is 3.80. The molecule has 19 heavy (non-hydrogen) atoms. The van der Waals surface area contributed by atoms with Crippen LogP contribution in [0.3, 0.4) is 0 Å². The maximum atomic E-state index is 13.1. The van der Waals surface area contributed by atoms with E-state index in [9.17, 15) is 9.50 Å². The Balaban J connectivity index is 1.90. The summed E-state index contributed by atoms with van der Waals surface area (Å²) in [5.74, 6) is 0.496. The summed E-state index contributed by atoms with van der Waals surface area (Å²) in [4.78, 5) is 4.12. The largest absolute Gasteiger partial charge is 0.508 e. The van der Waals surface area contributed by atoms with Crippen molar-refractivity contribution in [2.24, 2.45) is 7.05 Å². The van der Waals surface area contributed by atoms with Gasteiger partial charge in [-0.05, 0) is 25.1 Å². The van der Waals surface area contributed by atoms with Gasteiger partial charge in [0.2, 0.25) is 0 Å². The van der Waals surface area contributed by atoms with E-state index in [1.165, 1.54) is 18.2 Å². The fourth-order valence-electron chi connectivity index (χ4n) is 1.88. The van der Waals surface area contributed by atoms with E-state index >= 15 is 0 Å². The third-order valence-electron chi connectivity index (χ3n) is 2.90. The molecule has 6 heteroatoms. The molecule has 0 saturated carbocycles. The van der Waals surface area contributed by atoms with Crippen LogP contribution in [0.25, 0.3) is 0 Å². The quantitative estimate of drug-likeness (QED) is 0.860. The Bertz CT molecular complexity index is 555. The molecule has 0 amide bonds. The number of nitrogens with one attached hydrogen (secondary N) is 1. The second-order valence-electron chi connectivity index (χ2n) is 4.46. The molecule has 0 fully saturated rings. The molecule has 0 bridgehead atoms. The molecule has 0 aliphatic carbocycles. The molecular weight excluding hydrogens is 247 g/mol. The molecule has 1 aromatic carbocycles. The maximum absolute atomic E-state index is 13.1. The third kappa shape index (κ3) is 3.51. The van der Waals surface area contributed by atoms with Crippen molar-refractivity contribution in [2.45, 2.75) is 19.4 Å². The highest BCUT2D eigenvalue weighted by atomic mass is 19.1. The smallest absolute Gasteiger partial charge is 0.151 e. The second-order valence-corrected chi connectivity index (χ2v) is 4.46. The van der Waals surface area contributed by atoms with Gasteiger partial charge < -0.3 is 10.4 Å². The first-order chi connectivity index (χ1) is 9.06. The van der Waals surface area contributed by atoms with E-state index in [0.717, 1.165) is 5.82 Å². The van der Waals surface area contributed by atoms with E-state index in [0.29, 0.717) is 18.5 Å². The monoisotopic (exact) mass is 264 g/mol. The zero-order chi connectivity index (χ0) is 13.8. The first-order valence-corrected chi connectivity index (χ1v) is 6.12. The number of phenols is 1. The second kappa shape index (κ2) is 5.79. The summed E-state index contributed by atoms with van der Waals surface area (Å²) >= 11 is 0. The zero-order valence-corrected chi connectivity index (χ0v) is 11.0. The topological polar surface area (TPSA) is 63.0 Å². The van der Waals surface area contributed by atoms with E-state index in [2.05, 4.69) is 15.4 Å². The third-order valence-corrected chi connectivity index (χ3v) is 2.90. The number of rotatable bonds is 5. The van der Waals surface area contributed by atoms with Crippen molar-refractivity contribution in [1.29, 1.82) is 0 Å². The van der Waals surface area contributed by atoms with Crippen molar-refractivity contribution >= 4 is 0 Å². The van der Waals surface area contributed by atoms with E-state index < -0.39 is 0 Å². The van der Waals surface area contributed by atoms with Crippen molar-refractivity contribution in [3.05, 3.63) is 41.7 Å². The van der Waals surface area contributed by atoms with Crippen molar-refractivity contribution in [3.63, 3.8) is 0 Å². The number of benzene rings is 1. The van der Waals surface area contributed by atoms with Crippen LogP contribution < -0.4 is 5.32 Å². The van der Waals surface area contributed by atoms with Crippen molar-refractivity contribution < 1.29 is 9.50 Å². The van der Waals surface area contributed by atoms with Gasteiger partial charge in [-0.3, -0.25) is 4.68 Å². The zero-order valence-electron chi connectivity index (χ0n) is 11.0. The molecule has 0 spiro atoms. The molecule has 0 saturated heterocycles. The minimum absolute atomic E-state index is 0.0948. The maximum Gasteiger partial charge on any atom is 0.151 e. The number of halogens is 1. The average molecular weight is 264 g/mol. The summed E-state index contributed by atoms with van der Waals surface area (Å²) in [5.41, 5.74) is 0.550. The molecule has 1 heterocycles. The Morgan fingerprint density at radius 2 is 2.26 bits per heavy atom. The molecule has 2 N–H and O–H groups in total. The van der Waals surface area contributed by atoms with E-state index in [1.807, 2.05) is 14.0 Å². The van der Waals surface area contributed by atoms with Gasteiger partial charge in [-0.15, -0.1) is 0 Å². The number of aromatic hydroxyl groups is 1. The summed E-state index contributed by atoms with van der Waals surface area (Å²) in [6.45, 7) is 2.53. The molecule has 1 aromatic heterocycles. The van der Waals surface area contributed by atoms with Crippen LogP contribution in [0.5, 0.6) is 5.75 Å². The van der Waals surface area contributed by atoms with Crippen LogP contribution in [0.1, 0.15) is 24.4 Å². The first kappa shape index (κ1) is 13.5. The summed E-state index contributed by atoms with van der Waals surface area (Å²) in [7, 11) is 1.82. The van der Waals surface area contributed by atoms with Crippen LogP contribution in [0.4, 0.5) is 4.39 Å². The van der Waals surface area contributed by atoms with Crippen LogP contribution in [0.2, 0.25) is 0 Å². The molecule has 0 aliphatic rings. The van der Waals surface area contributed by atoms with Gasteiger partial charge in [0.05, 0.1) is 0 Å². The van der Waals surface area contributed by atoms with Crippen molar-refractivity contribution in [2.75, 3.05) is 6.54 Å². The predicted molar refractivity (Wildman–Crippen MR) is 69.2 cm³/mol. The van der Waals surface area contributed by atoms with Gasteiger partial charge >= 0.3 is 0 Å². The summed E-state index contributed by atoms with van der Waals surface area (Å²) in [5, 5.41) is 17.1. The lowest BCUT2D eigenvalue weighted by Gasteiger charge is -2.15. The fraction of sp³-hybridized carbons (Fsp3) is 0.385. The molecule has 1 unspecified atom stereocenters. The predicted octanol–water partition coefficient (Wildman–Crippen LogP) is 1.55. The molecule has 102 valence electrons. The van der Waals surface area contributed by atoms with Crippen LogP contribution >= 0.6 is 0 Å². The number of hydrogen-bond donors (Lipinski definition) is 2. The highest BCUT2D eigenvalue weighted by molar-refractivity contribution is 5.34. The van der Waals surface area contributed by atoms with Gasteiger partial charge in [0.25, 0.3) is 0 Å². The molecule has 2 aromatic rings. The normalized spacial score (nSPS) is 12.6. The highest BCUT2D eigenvalue weighted by Crippen LogP contribution is 2.24. The van der Waals surface area contributed by atoms with Gasteiger partial charge in [-0.1, -0.05) is 0 Å². The first-order valence-electron chi connectivity index (χ1n) is 6.12. The Morgan fingerprint density at radius 3 is 2.95 bits per heavy atom. The molecule has 2 rings (SSSR count). The Labute approximate surface area is 111 Å². The van der Waals surface area contributed by atoms with E-state index in [-0.39, 0.29) is 17.6 Å². The lowest BCUT2D eigenvalue weighted by molar-refractivity contribution is 0.449. The minimum atomic E-state index is -0.354. The van der Waals surface area contributed by atoms with Crippen LogP contribution in [0, 0.1) is 5.82 Å². The van der Waals surface area contributed by atoms with Crippen LogP contribution in [-0.2, 0) is 13.5 Å². The number of aromatic nitrogens is 3.